The fourth-order valence-electron chi connectivity index (χ4n) is 5.24. The maximum atomic E-state index is 13.1. The second-order valence-corrected chi connectivity index (χ2v) is 10.7. The molecule has 1 aliphatic carbocycles. The normalized spacial score (nSPS) is 20.8. The van der Waals surface area contributed by atoms with Crippen molar-refractivity contribution in [2.75, 3.05) is 26.3 Å². The topological polar surface area (TPSA) is 89.0 Å². The van der Waals surface area contributed by atoms with Gasteiger partial charge in [0.2, 0.25) is 0 Å². The van der Waals surface area contributed by atoms with E-state index in [4.69, 9.17) is 14.5 Å². The summed E-state index contributed by atoms with van der Waals surface area (Å²) < 4.78 is 12.7. The number of carbonyl (C=O) groups is 3. The number of rotatable bonds is 6. The van der Waals surface area contributed by atoms with Crippen molar-refractivity contribution in [2.24, 2.45) is 0 Å². The van der Waals surface area contributed by atoms with Crippen LogP contribution in [0.3, 0.4) is 0 Å². The average Bonchev–Trinajstić information content (AvgIpc) is 3.44. The van der Waals surface area contributed by atoms with E-state index in [-0.39, 0.29) is 23.9 Å². The summed E-state index contributed by atoms with van der Waals surface area (Å²) in [6.07, 6.45) is 0.651. The lowest BCUT2D eigenvalue weighted by Gasteiger charge is -2.29. The Hall–Kier alpha value is -3.14. The number of hydrogen-bond donors (Lipinski definition) is 0. The third kappa shape index (κ3) is 4.54. The van der Waals surface area contributed by atoms with Gasteiger partial charge in [0, 0.05) is 37.2 Å². The summed E-state index contributed by atoms with van der Waals surface area (Å²) in [4.78, 5) is 45.9. The summed E-state index contributed by atoms with van der Waals surface area (Å²) in [5.41, 5.74) is 3.56. The number of nitrogens with zero attached hydrogens (tertiary/aromatic N) is 3. The van der Waals surface area contributed by atoms with Crippen LogP contribution in [0.2, 0.25) is 0 Å². The first-order valence-electron chi connectivity index (χ1n) is 12.3. The summed E-state index contributed by atoms with van der Waals surface area (Å²) in [5.74, 6) is 0.247. The number of aromatic nitrogens is 1. The molecule has 6 rings (SSSR count). The standard InChI is InChI=1S/C27H27N3O5S/c31-18-5-6-22(23(32)13-18)30-15-20-19(27(30)33)2-1-3-24(20)35-16-26-28-21-12-17(4-7-25(21)36-26)14-29-8-10-34-11-9-29/h1-4,7,12,22H,5-6,8-11,13-16H2. The molecule has 3 aromatic rings. The number of thiazole rings is 1. The quantitative estimate of drug-likeness (QED) is 0.475. The van der Waals surface area contributed by atoms with E-state index in [9.17, 15) is 14.4 Å². The third-order valence-electron chi connectivity index (χ3n) is 7.13. The zero-order valence-electron chi connectivity index (χ0n) is 19.9. The lowest BCUT2D eigenvalue weighted by Crippen LogP contribution is -2.44. The zero-order valence-corrected chi connectivity index (χ0v) is 20.7. The highest BCUT2D eigenvalue weighted by molar-refractivity contribution is 7.18. The van der Waals surface area contributed by atoms with Crippen molar-refractivity contribution in [3.63, 3.8) is 0 Å². The Morgan fingerprint density at radius 3 is 2.81 bits per heavy atom. The largest absolute Gasteiger partial charge is 0.486 e. The number of morpholine rings is 1. The molecule has 1 amide bonds. The maximum absolute atomic E-state index is 13.1. The van der Waals surface area contributed by atoms with E-state index in [1.807, 2.05) is 6.07 Å². The number of carbonyl (C=O) groups excluding carboxylic acids is 3. The summed E-state index contributed by atoms with van der Waals surface area (Å²) in [7, 11) is 0. The van der Waals surface area contributed by atoms with Crippen LogP contribution in [0.25, 0.3) is 10.2 Å². The van der Waals surface area contributed by atoms with Gasteiger partial charge in [-0.15, -0.1) is 11.3 Å². The smallest absolute Gasteiger partial charge is 0.255 e. The van der Waals surface area contributed by atoms with Crippen molar-refractivity contribution in [3.8, 4) is 5.75 Å². The lowest BCUT2D eigenvalue weighted by molar-refractivity contribution is -0.133. The van der Waals surface area contributed by atoms with Gasteiger partial charge in [0.15, 0.2) is 5.78 Å². The number of hydrogen-bond acceptors (Lipinski definition) is 8. The molecule has 1 unspecified atom stereocenters. The molecule has 186 valence electrons. The molecule has 1 saturated carbocycles. The van der Waals surface area contributed by atoms with E-state index in [1.54, 1.807) is 28.4 Å². The van der Waals surface area contributed by atoms with E-state index in [0.717, 1.165) is 53.6 Å². The molecular weight excluding hydrogens is 478 g/mol. The number of fused-ring (bicyclic) bond motifs is 2. The fraction of sp³-hybridized carbons (Fsp3) is 0.407. The first kappa shape index (κ1) is 23.3. The van der Waals surface area contributed by atoms with Gasteiger partial charge < -0.3 is 14.4 Å². The second kappa shape index (κ2) is 9.72. The van der Waals surface area contributed by atoms with E-state index >= 15 is 0 Å². The van der Waals surface area contributed by atoms with Crippen molar-refractivity contribution in [1.29, 1.82) is 0 Å². The van der Waals surface area contributed by atoms with Gasteiger partial charge in [-0.05, 0) is 36.2 Å². The SMILES string of the molecule is O=C1CCC(N2Cc3c(OCc4nc5cc(CN6CCOCC6)ccc5s4)cccc3C2=O)C(=O)C1. The Morgan fingerprint density at radius 2 is 1.97 bits per heavy atom. The van der Waals surface area contributed by atoms with Crippen molar-refractivity contribution >= 4 is 39.0 Å². The summed E-state index contributed by atoms with van der Waals surface area (Å²) in [6.45, 7) is 4.97. The predicted octanol–water partition coefficient (Wildman–Crippen LogP) is 3.35. The molecule has 0 bridgehead atoms. The van der Waals surface area contributed by atoms with E-state index in [0.29, 0.717) is 37.3 Å². The minimum absolute atomic E-state index is 0.0477. The average molecular weight is 506 g/mol. The molecule has 0 N–H and O–H groups in total. The highest BCUT2D eigenvalue weighted by Crippen LogP contribution is 2.35. The molecule has 3 heterocycles. The van der Waals surface area contributed by atoms with Crippen molar-refractivity contribution in [3.05, 3.63) is 58.1 Å². The van der Waals surface area contributed by atoms with Crippen LogP contribution in [0.15, 0.2) is 36.4 Å². The van der Waals surface area contributed by atoms with E-state index < -0.39 is 6.04 Å². The predicted molar refractivity (Wildman–Crippen MR) is 134 cm³/mol. The fourth-order valence-corrected chi connectivity index (χ4v) is 6.10. The molecule has 36 heavy (non-hydrogen) atoms. The minimum atomic E-state index is -0.536. The number of Topliss-reactive ketones (excluding diaryl/α,β-unsaturated/α-hetero) is 2. The molecule has 8 nitrogen and oxygen atoms in total. The van der Waals surface area contributed by atoms with Gasteiger partial charge in [-0.3, -0.25) is 19.3 Å². The molecule has 1 atom stereocenters. The minimum Gasteiger partial charge on any atom is -0.486 e. The number of benzene rings is 2. The Morgan fingerprint density at radius 1 is 1.11 bits per heavy atom. The van der Waals surface area contributed by atoms with Crippen LogP contribution < -0.4 is 4.74 Å². The molecular formula is C27H27N3O5S. The van der Waals surface area contributed by atoms with Gasteiger partial charge >= 0.3 is 0 Å². The Kier molecular flexibility index (Phi) is 6.29. The molecule has 2 aliphatic heterocycles. The molecule has 2 fully saturated rings. The van der Waals surface area contributed by atoms with Crippen LogP contribution in [-0.4, -0.2) is 64.6 Å². The molecule has 0 radical (unpaired) electrons. The summed E-state index contributed by atoms with van der Waals surface area (Å²) in [6, 6.07) is 11.3. The van der Waals surface area contributed by atoms with Gasteiger partial charge in [0.25, 0.3) is 5.91 Å². The lowest BCUT2D eigenvalue weighted by atomic mass is 9.92. The van der Waals surface area contributed by atoms with Crippen LogP contribution >= 0.6 is 11.3 Å². The van der Waals surface area contributed by atoms with Gasteiger partial charge in [-0.1, -0.05) is 12.1 Å². The molecule has 9 heteroatoms. The number of ketones is 2. The monoisotopic (exact) mass is 505 g/mol. The van der Waals surface area contributed by atoms with Crippen LogP contribution in [0, 0.1) is 0 Å². The van der Waals surface area contributed by atoms with Gasteiger partial charge in [0.1, 0.15) is 23.1 Å². The highest BCUT2D eigenvalue weighted by Gasteiger charge is 2.40. The maximum Gasteiger partial charge on any atom is 0.255 e. The summed E-state index contributed by atoms with van der Waals surface area (Å²) >= 11 is 1.61. The van der Waals surface area contributed by atoms with Crippen LogP contribution in [0.5, 0.6) is 5.75 Å². The van der Waals surface area contributed by atoms with Gasteiger partial charge in [-0.2, -0.15) is 0 Å². The zero-order chi connectivity index (χ0) is 24.6. The molecule has 1 aromatic heterocycles. The van der Waals surface area contributed by atoms with Gasteiger partial charge in [0.05, 0.1) is 42.4 Å². The third-order valence-corrected chi connectivity index (χ3v) is 8.14. The Balaban J connectivity index is 1.15. The van der Waals surface area contributed by atoms with Crippen molar-refractivity contribution in [1.82, 2.24) is 14.8 Å². The molecule has 0 spiro atoms. The van der Waals surface area contributed by atoms with Crippen molar-refractivity contribution < 1.29 is 23.9 Å². The van der Waals surface area contributed by atoms with E-state index in [1.165, 1.54) is 5.56 Å². The Labute approximate surface area is 212 Å². The summed E-state index contributed by atoms with van der Waals surface area (Å²) in [5, 5.41) is 0.869. The highest BCUT2D eigenvalue weighted by atomic mass is 32.1. The van der Waals surface area contributed by atoms with Crippen molar-refractivity contribution in [2.45, 2.75) is 45.0 Å². The van der Waals surface area contributed by atoms with Crippen LogP contribution in [0.4, 0.5) is 0 Å². The second-order valence-electron chi connectivity index (χ2n) is 9.54. The van der Waals surface area contributed by atoms with Gasteiger partial charge in [-0.25, -0.2) is 4.98 Å². The molecule has 1 saturated heterocycles. The number of ether oxygens (including phenoxy) is 2. The Bertz CT molecular complexity index is 1350. The van der Waals surface area contributed by atoms with Crippen LogP contribution in [0.1, 0.15) is 45.8 Å². The number of amides is 1. The first-order chi connectivity index (χ1) is 17.5. The molecule has 3 aliphatic rings. The van der Waals surface area contributed by atoms with Crippen LogP contribution in [-0.2, 0) is 34.0 Å². The molecule has 2 aromatic carbocycles. The first-order valence-corrected chi connectivity index (χ1v) is 13.2. The van der Waals surface area contributed by atoms with E-state index in [2.05, 4.69) is 23.1 Å².